The van der Waals surface area contributed by atoms with Gasteiger partial charge in [-0.25, -0.2) is 0 Å². The molecule has 2 aliphatic heterocycles. The lowest BCUT2D eigenvalue weighted by Gasteiger charge is -2.47. The molecule has 4 heteroatoms. The normalized spacial score (nSPS) is 22.5. The summed E-state index contributed by atoms with van der Waals surface area (Å²) in [6.45, 7) is 4.72. The Morgan fingerprint density at radius 2 is 1.67 bits per heavy atom. The summed E-state index contributed by atoms with van der Waals surface area (Å²) >= 11 is 6.38. The molecule has 21 heavy (non-hydrogen) atoms. The predicted molar refractivity (Wildman–Crippen MR) is 88.6 cm³/mol. The first-order chi connectivity index (χ1) is 10.1. The minimum Gasteiger partial charge on any atom is -0.497 e. The van der Waals surface area contributed by atoms with Crippen molar-refractivity contribution in [3.8, 4) is 5.75 Å². The van der Waals surface area contributed by atoms with E-state index in [0.29, 0.717) is 5.41 Å². The van der Waals surface area contributed by atoms with Gasteiger partial charge in [-0.3, -0.25) is 0 Å². The average Bonchev–Trinajstić information content (AvgIpc) is 2.52. The van der Waals surface area contributed by atoms with Crippen LogP contribution in [0.4, 0.5) is 5.69 Å². The van der Waals surface area contributed by atoms with Crippen molar-refractivity contribution < 1.29 is 4.74 Å². The van der Waals surface area contributed by atoms with E-state index in [1.54, 1.807) is 7.11 Å². The van der Waals surface area contributed by atoms with Crippen molar-refractivity contribution in [3.63, 3.8) is 0 Å². The van der Waals surface area contributed by atoms with Crippen LogP contribution in [-0.4, -0.2) is 45.2 Å². The first-order valence-corrected chi connectivity index (χ1v) is 8.27. The van der Waals surface area contributed by atoms with Crippen LogP contribution in [0.3, 0.4) is 0 Å². The molecule has 2 saturated heterocycles. The minimum absolute atomic E-state index is 0.578. The van der Waals surface area contributed by atoms with Crippen LogP contribution >= 0.6 is 11.6 Å². The second kappa shape index (κ2) is 6.05. The van der Waals surface area contributed by atoms with Crippen molar-refractivity contribution in [2.75, 3.05) is 45.2 Å². The molecule has 116 valence electrons. The van der Waals surface area contributed by atoms with Crippen molar-refractivity contribution in [3.05, 3.63) is 23.2 Å². The lowest BCUT2D eigenvalue weighted by atomic mass is 9.71. The molecule has 0 aromatic heterocycles. The lowest BCUT2D eigenvalue weighted by molar-refractivity contribution is 0.0945. The molecule has 1 aromatic rings. The Kier molecular flexibility index (Phi) is 4.32. The maximum atomic E-state index is 6.38. The summed E-state index contributed by atoms with van der Waals surface area (Å²) in [5.74, 6) is 0.883. The van der Waals surface area contributed by atoms with Gasteiger partial charge in [-0.1, -0.05) is 11.6 Å². The Morgan fingerprint density at radius 1 is 1.05 bits per heavy atom. The van der Waals surface area contributed by atoms with Gasteiger partial charge in [0.15, 0.2) is 0 Å². The van der Waals surface area contributed by atoms with Gasteiger partial charge in [0.25, 0.3) is 0 Å². The van der Waals surface area contributed by atoms with Gasteiger partial charge in [0.1, 0.15) is 5.75 Å². The molecule has 0 saturated carbocycles. The van der Waals surface area contributed by atoms with Crippen LogP contribution in [0.5, 0.6) is 5.75 Å². The molecule has 0 N–H and O–H groups in total. The van der Waals surface area contributed by atoms with Crippen molar-refractivity contribution >= 4 is 17.3 Å². The number of rotatable bonds is 2. The lowest BCUT2D eigenvalue weighted by Crippen LogP contribution is -2.46. The summed E-state index contributed by atoms with van der Waals surface area (Å²) < 4.78 is 5.33. The number of hydrogen-bond donors (Lipinski definition) is 0. The highest BCUT2D eigenvalue weighted by atomic mass is 35.5. The molecule has 1 spiro atoms. The second-order valence-corrected chi connectivity index (χ2v) is 7.01. The van der Waals surface area contributed by atoms with Crippen LogP contribution in [-0.2, 0) is 0 Å². The van der Waals surface area contributed by atoms with E-state index in [1.807, 2.05) is 12.1 Å². The van der Waals surface area contributed by atoms with E-state index < -0.39 is 0 Å². The summed E-state index contributed by atoms with van der Waals surface area (Å²) in [6, 6.07) is 5.93. The third-order valence-corrected chi connectivity index (χ3v) is 5.69. The number of piperidine rings is 2. The molecular formula is C17H25ClN2O. The van der Waals surface area contributed by atoms with E-state index in [9.17, 15) is 0 Å². The highest BCUT2D eigenvalue weighted by Gasteiger charge is 2.37. The molecule has 0 radical (unpaired) electrons. The van der Waals surface area contributed by atoms with Gasteiger partial charge in [-0.15, -0.1) is 0 Å². The molecule has 2 aliphatic rings. The molecule has 2 fully saturated rings. The van der Waals surface area contributed by atoms with Gasteiger partial charge in [0.2, 0.25) is 0 Å². The Hall–Kier alpha value is -0.930. The van der Waals surface area contributed by atoms with Crippen LogP contribution in [0.1, 0.15) is 25.7 Å². The molecule has 0 atom stereocenters. The smallest absolute Gasteiger partial charge is 0.121 e. The first-order valence-electron chi connectivity index (χ1n) is 7.89. The van der Waals surface area contributed by atoms with Crippen LogP contribution in [0.25, 0.3) is 0 Å². The standard InChI is InChI=1S/C17H25ClN2O/c1-19-9-5-17(6-10-19)7-11-20(12-8-17)16-13-14(21-2)3-4-15(16)18/h3-4,13H,5-12H2,1-2H3. The van der Waals surface area contributed by atoms with Gasteiger partial charge < -0.3 is 14.5 Å². The summed E-state index contributed by atoms with van der Waals surface area (Å²) in [7, 11) is 3.94. The highest BCUT2D eigenvalue weighted by Crippen LogP contribution is 2.43. The highest BCUT2D eigenvalue weighted by molar-refractivity contribution is 6.33. The fourth-order valence-corrected chi connectivity index (χ4v) is 3.91. The van der Waals surface area contributed by atoms with E-state index in [2.05, 4.69) is 22.9 Å². The quantitative estimate of drug-likeness (QED) is 0.829. The minimum atomic E-state index is 0.578. The summed E-state index contributed by atoms with van der Waals surface area (Å²) in [6.07, 6.45) is 5.27. The van der Waals surface area contributed by atoms with Gasteiger partial charge in [0.05, 0.1) is 17.8 Å². The Morgan fingerprint density at radius 3 is 2.29 bits per heavy atom. The van der Waals surface area contributed by atoms with E-state index in [0.717, 1.165) is 29.5 Å². The van der Waals surface area contributed by atoms with Gasteiger partial charge in [-0.05, 0) is 63.4 Å². The number of nitrogens with zero attached hydrogens (tertiary/aromatic N) is 2. The largest absolute Gasteiger partial charge is 0.497 e. The molecule has 0 aliphatic carbocycles. The van der Waals surface area contributed by atoms with Crippen molar-refractivity contribution in [2.45, 2.75) is 25.7 Å². The molecule has 3 nitrogen and oxygen atoms in total. The summed E-state index contributed by atoms with van der Waals surface area (Å²) in [5.41, 5.74) is 1.70. The predicted octanol–water partition coefficient (Wildman–Crippen LogP) is 3.66. The molecule has 0 bridgehead atoms. The number of hydrogen-bond acceptors (Lipinski definition) is 3. The summed E-state index contributed by atoms with van der Waals surface area (Å²) in [4.78, 5) is 4.88. The first kappa shape index (κ1) is 15.0. The number of ether oxygens (including phenoxy) is 1. The average molecular weight is 309 g/mol. The maximum Gasteiger partial charge on any atom is 0.121 e. The molecule has 0 amide bonds. The number of halogens is 1. The zero-order valence-corrected chi connectivity index (χ0v) is 13.8. The monoisotopic (exact) mass is 308 g/mol. The number of methoxy groups -OCH3 is 1. The zero-order valence-electron chi connectivity index (χ0n) is 13.1. The van der Waals surface area contributed by atoms with E-state index in [4.69, 9.17) is 16.3 Å². The molecule has 0 unspecified atom stereocenters. The molecule has 3 rings (SSSR count). The van der Waals surface area contributed by atoms with E-state index in [1.165, 1.54) is 38.8 Å². The molecule has 1 aromatic carbocycles. The fraction of sp³-hybridized carbons (Fsp3) is 0.647. The van der Waals surface area contributed by atoms with Crippen LogP contribution in [0, 0.1) is 5.41 Å². The van der Waals surface area contributed by atoms with Crippen molar-refractivity contribution in [1.82, 2.24) is 4.90 Å². The van der Waals surface area contributed by atoms with Gasteiger partial charge in [-0.2, -0.15) is 0 Å². The van der Waals surface area contributed by atoms with Crippen molar-refractivity contribution in [1.29, 1.82) is 0 Å². The van der Waals surface area contributed by atoms with Crippen LogP contribution in [0.15, 0.2) is 18.2 Å². The van der Waals surface area contributed by atoms with Gasteiger partial charge in [0, 0.05) is 19.2 Å². The summed E-state index contributed by atoms with van der Waals surface area (Å²) in [5, 5.41) is 0.829. The number of benzene rings is 1. The van der Waals surface area contributed by atoms with E-state index >= 15 is 0 Å². The Balaban J connectivity index is 1.68. The zero-order chi connectivity index (χ0) is 14.9. The second-order valence-electron chi connectivity index (χ2n) is 6.61. The SMILES string of the molecule is COc1ccc(Cl)c(N2CCC3(CCN(C)CC3)CC2)c1. The van der Waals surface area contributed by atoms with Crippen LogP contribution in [0.2, 0.25) is 5.02 Å². The third-order valence-electron chi connectivity index (χ3n) is 5.37. The number of anilines is 1. The Labute approximate surface area is 132 Å². The van der Waals surface area contributed by atoms with Crippen LogP contribution < -0.4 is 9.64 Å². The molecule has 2 heterocycles. The maximum absolute atomic E-state index is 6.38. The van der Waals surface area contributed by atoms with Crippen molar-refractivity contribution in [2.24, 2.45) is 5.41 Å². The molecular weight excluding hydrogens is 284 g/mol. The van der Waals surface area contributed by atoms with E-state index in [-0.39, 0.29) is 0 Å². The topological polar surface area (TPSA) is 15.7 Å². The fourth-order valence-electron chi connectivity index (χ4n) is 3.68. The Bertz CT molecular complexity index is 488. The number of likely N-dealkylation sites (tertiary alicyclic amines) is 1. The third kappa shape index (κ3) is 3.14. The van der Waals surface area contributed by atoms with Gasteiger partial charge >= 0.3 is 0 Å².